The minimum absolute atomic E-state index is 0.0339. The van der Waals surface area contributed by atoms with Crippen LogP contribution in [0.2, 0.25) is 5.02 Å². The molecule has 2 N–H and O–H groups in total. The summed E-state index contributed by atoms with van der Waals surface area (Å²) in [5, 5.41) is 22.2. The number of benzene rings is 1. The smallest absolute Gasteiger partial charge is 0.357 e. The summed E-state index contributed by atoms with van der Waals surface area (Å²) in [4.78, 5) is 12.4. The van der Waals surface area contributed by atoms with Gasteiger partial charge in [-0.3, -0.25) is 0 Å². The van der Waals surface area contributed by atoms with Gasteiger partial charge in [0.25, 0.3) is 0 Å². The second kappa shape index (κ2) is 6.59. The molecular weight excluding hydrogens is 362 g/mol. The number of ether oxygens (including phenoxy) is 1. The summed E-state index contributed by atoms with van der Waals surface area (Å²) >= 11 is 7.33. The van der Waals surface area contributed by atoms with Crippen LogP contribution in [0.25, 0.3) is 20.5 Å². The van der Waals surface area contributed by atoms with Crippen LogP contribution in [0.1, 0.15) is 16.9 Å². The normalized spacial score (nSPS) is 17.1. The summed E-state index contributed by atoms with van der Waals surface area (Å²) in [5.41, 5.74) is 0.936. The van der Waals surface area contributed by atoms with Gasteiger partial charge in [0.05, 0.1) is 17.3 Å². The van der Waals surface area contributed by atoms with Crippen LogP contribution in [-0.2, 0) is 4.74 Å². The van der Waals surface area contributed by atoms with E-state index in [0.717, 1.165) is 22.2 Å². The van der Waals surface area contributed by atoms with Crippen molar-refractivity contribution in [2.75, 3.05) is 18.5 Å². The molecular formula is C17H14ClN3O3S. The number of nitrogens with one attached hydrogen (secondary N) is 1. The predicted molar refractivity (Wildman–Crippen MR) is 97.7 cm³/mol. The molecule has 3 heterocycles. The first-order chi connectivity index (χ1) is 12.1. The minimum atomic E-state index is -1.09. The van der Waals surface area contributed by atoms with Crippen LogP contribution < -0.4 is 5.32 Å². The molecule has 2 aromatic heterocycles. The monoisotopic (exact) mass is 375 g/mol. The quantitative estimate of drug-likeness (QED) is 0.719. The van der Waals surface area contributed by atoms with Crippen molar-refractivity contribution in [3.8, 4) is 10.4 Å². The first-order valence-electron chi connectivity index (χ1n) is 7.75. The lowest BCUT2D eigenvalue weighted by Crippen LogP contribution is -2.20. The number of fused-ring (bicyclic) bond motifs is 1. The van der Waals surface area contributed by atoms with Gasteiger partial charge >= 0.3 is 5.97 Å². The third-order valence-corrected chi connectivity index (χ3v) is 5.50. The Labute approximate surface area is 152 Å². The van der Waals surface area contributed by atoms with Crippen LogP contribution in [0.3, 0.4) is 0 Å². The lowest BCUT2D eigenvalue weighted by molar-refractivity contribution is 0.0692. The van der Waals surface area contributed by atoms with Gasteiger partial charge in [-0.15, -0.1) is 21.5 Å². The van der Waals surface area contributed by atoms with Crippen molar-refractivity contribution in [1.29, 1.82) is 0 Å². The minimum Gasteiger partial charge on any atom is -0.476 e. The van der Waals surface area contributed by atoms with Gasteiger partial charge in [-0.1, -0.05) is 23.7 Å². The Morgan fingerprint density at radius 3 is 2.80 bits per heavy atom. The molecule has 1 aliphatic heterocycles. The van der Waals surface area contributed by atoms with E-state index < -0.39 is 5.97 Å². The van der Waals surface area contributed by atoms with Gasteiger partial charge < -0.3 is 15.2 Å². The Kier molecular flexibility index (Phi) is 4.29. The van der Waals surface area contributed by atoms with Crippen molar-refractivity contribution in [3.05, 3.63) is 41.0 Å². The molecule has 1 fully saturated rings. The molecule has 0 radical (unpaired) electrons. The number of carbonyl (C=O) groups is 1. The molecule has 0 spiro atoms. The van der Waals surface area contributed by atoms with Crippen LogP contribution in [0.5, 0.6) is 0 Å². The summed E-state index contributed by atoms with van der Waals surface area (Å²) in [6.07, 6.45) is 0.887. The third-order valence-electron chi connectivity index (χ3n) is 4.05. The highest BCUT2D eigenvalue weighted by molar-refractivity contribution is 7.22. The van der Waals surface area contributed by atoms with Crippen molar-refractivity contribution < 1.29 is 14.6 Å². The molecule has 3 aromatic rings. The van der Waals surface area contributed by atoms with E-state index in [1.807, 2.05) is 30.3 Å². The van der Waals surface area contributed by atoms with Crippen molar-refractivity contribution in [3.63, 3.8) is 0 Å². The molecule has 1 unspecified atom stereocenters. The molecule has 0 amide bonds. The van der Waals surface area contributed by atoms with Crippen LogP contribution in [0, 0.1) is 0 Å². The average molecular weight is 376 g/mol. The maximum Gasteiger partial charge on any atom is 0.357 e. The van der Waals surface area contributed by atoms with Gasteiger partial charge in [0, 0.05) is 21.9 Å². The van der Waals surface area contributed by atoms with Gasteiger partial charge in [-0.05, 0) is 30.2 Å². The van der Waals surface area contributed by atoms with Crippen molar-refractivity contribution in [1.82, 2.24) is 10.2 Å². The standard InChI is InChI=1S/C17H14ClN3O3S/c18-10-3-1-9(2-4-10)13-7-12-15(25-13)14(17(22)23)20-21-16(12)19-11-5-6-24-8-11/h1-4,7,11H,5-6,8H2,(H,19,21)(H,22,23). The topological polar surface area (TPSA) is 84.3 Å². The summed E-state index contributed by atoms with van der Waals surface area (Å²) in [6, 6.07) is 9.55. The van der Waals surface area contributed by atoms with Gasteiger partial charge in [-0.25, -0.2) is 4.79 Å². The zero-order valence-electron chi connectivity index (χ0n) is 13.0. The number of aromatic nitrogens is 2. The van der Waals surface area contributed by atoms with Crippen molar-refractivity contribution in [2.45, 2.75) is 12.5 Å². The molecule has 1 aromatic carbocycles. The highest BCUT2D eigenvalue weighted by Gasteiger charge is 2.22. The van der Waals surface area contributed by atoms with Crippen molar-refractivity contribution >= 4 is 44.8 Å². The number of rotatable bonds is 4. The molecule has 1 saturated heterocycles. The highest BCUT2D eigenvalue weighted by Crippen LogP contribution is 2.38. The summed E-state index contributed by atoms with van der Waals surface area (Å²) in [5.74, 6) is -0.496. The second-order valence-corrected chi connectivity index (χ2v) is 7.26. The molecule has 8 heteroatoms. The molecule has 0 bridgehead atoms. The number of carboxylic acids is 1. The van der Waals surface area contributed by atoms with Gasteiger partial charge in [-0.2, -0.15) is 0 Å². The Morgan fingerprint density at radius 1 is 1.32 bits per heavy atom. The van der Waals surface area contributed by atoms with Gasteiger partial charge in [0.2, 0.25) is 0 Å². The number of nitrogens with zero attached hydrogens (tertiary/aromatic N) is 2. The zero-order chi connectivity index (χ0) is 17.4. The Bertz CT molecular complexity index is 936. The number of carboxylic acid groups (broad SMARTS) is 1. The summed E-state index contributed by atoms with van der Waals surface area (Å²) in [7, 11) is 0. The Balaban J connectivity index is 1.82. The maximum atomic E-state index is 11.5. The first-order valence-corrected chi connectivity index (χ1v) is 8.95. The van der Waals surface area contributed by atoms with E-state index in [1.165, 1.54) is 11.3 Å². The van der Waals surface area contributed by atoms with Crippen LogP contribution in [-0.4, -0.2) is 40.5 Å². The predicted octanol–water partition coefficient (Wildman–Crippen LogP) is 3.91. The fourth-order valence-electron chi connectivity index (χ4n) is 2.79. The van der Waals surface area contributed by atoms with E-state index in [0.29, 0.717) is 28.8 Å². The molecule has 0 saturated carbocycles. The number of halogens is 1. The highest BCUT2D eigenvalue weighted by atomic mass is 35.5. The van der Waals surface area contributed by atoms with E-state index in [-0.39, 0.29) is 11.7 Å². The van der Waals surface area contributed by atoms with E-state index >= 15 is 0 Å². The Morgan fingerprint density at radius 2 is 2.12 bits per heavy atom. The number of thiophene rings is 1. The van der Waals surface area contributed by atoms with Crippen molar-refractivity contribution in [2.24, 2.45) is 0 Å². The molecule has 1 aliphatic rings. The van der Waals surface area contributed by atoms with Gasteiger partial charge in [0.15, 0.2) is 11.5 Å². The van der Waals surface area contributed by atoms with E-state index in [4.69, 9.17) is 16.3 Å². The van der Waals surface area contributed by atoms with Crippen LogP contribution >= 0.6 is 22.9 Å². The summed E-state index contributed by atoms with van der Waals surface area (Å²) in [6.45, 7) is 1.32. The van der Waals surface area contributed by atoms with E-state index in [9.17, 15) is 9.90 Å². The van der Waals surface area contributed by atoms with Gasteiger partial charge in [0.1, 0.15) is 0 Å². The lowest BCUT2D eigenvalue weighted by Gasteiger charge is -2.11. The molecule has 128 valence electrons. The number of aromatic carboxylic acids is 1. The molecule has 1 atom stereocenters. The van der Waals surface area contributed by atoms with Crippen LogP contribution in [0.4, 0.5) is 5.82 Å². The zero-order valence-corrected chi connectivity index (χ0v) is 14.6. The lowest BCUT2D eigenvalue weighted by atomic mass is 10.1. The maximum absolute atomic E-state index is 11.5. The average Bonchev–Trinajstić information content (AvgIpc) is 3.25. The SMILES string of the molecule is O=C(O)c1nnc(NC2CCOC2)c2cc(-c3ccc(Cl)cc3)sc12. The molecule has 25 heavy (non-hydrogen) atoms. The molecule has 4 rings (SSSR count). The molecule has 6 nitrogen and oxygen atoms in total. The fraction of sp³-hybridized carbons (Fsp3) is 0.235. The number of hydrogen-bond acceptors (Lipinski definition) is 6. The summed E-state index contributed by atoms with van der Waals surface area (Å²) < 4.78 is 5.98. The largest absolute Gasteiger partial charge is 0.476 e. The second-order valence-electron chi connectivity index (χ2n) is 5.77. The van der Waals surface area contributed by atoms with E-state index in [1.54, 1.807) is 0 Å². The number of anilines is 1. The number of hydrogen-bond donors (Lipinski definition) is 2. The Hall–Kier alpha value is -2.22. The van der Waals surface area contributed by atoms with Crippen LogP contribution in [0.15, 0.2) is 30.3 Å². The fourth-order valence-corrected chi connectivity index (χ4v) is 4.05. The third kappa shape index (κ3) is 3.18. The van der Waals surface area contributed by atoms with E-state index in [2.05, 4.69) is 15.5 Å². The first kappa shape index (κ1) is 16.3. The molecule has 0 aliphatic carbocycles.